The highest BCUT2D eigenvalue weighted by atomic mass is 15.0. The molecule has 0 aliphatic rings. The highest BCUT2D eigenvalue weighted by Crippen LogP contribution is 2.38. The summed E-state index contributed by atoms with van der Waals surface area (Å²) in [6, 6.07) is 78.5. The Morgan fingerprint density at radius 2 is 0.688 bits per heavy atom. The summed E-state index contributed by atoms with van der Waals surface area (Å²) in [6.45, 7) is 4.25. The maximum absolute atomic E-state index is 5.11. The zero-order valence-electron chi connectivity index (χ0n) is 35.6. The Labute approximate surface area is 372 Å². The lowest BCUT2D eigenvalue weighted by atomic mass is 9.98. The van der Waals surface area contributed by atoms with Gasteiger partial charge >= 0.3 is 0 Å². The highest BCUT2D eigenvalue weighted by Gasteiger charge is 2.17. The maximum atomic E-state index is 5.11. The van der Waals surface area contributed by atoms with E-state index in [0.717, 1.165) is 56.4 Å². The second-order valence-corrected chi connectivity index (χ2v) is 16.7. The molecule has 302 valence electrons. The van der Waals surface area contributed by atoms with E-state index in [4.69, 9.17) is 9.97 Å². The lowest BCUT2D eigenvalue weighted by Gasteiger charge is -2.12. The van der Waals surface area contributed by atoms with Gasteiger partial charge in [0.1, 0.15) is 0 Å². The van der Waals surface area contributed by atoms with Crippen LogP contribution in [0.25, 0.3) is 111 Å². The largest absolute Gasteiger partial charge is 0.309 e. The molecule has 0 fully saturated rings. The molecular weight excluding hydrogens is 777 g/mol. The SMILES string of the molecule is Cc1ccccc1-c1cc(-c2ccc(-c3ccc(-c4ccc(-n5c6ccccc6c6cc(-n7c8ccccc8c8ccccc87)ccc65)cc4)cc3)cc2)nc(-c2ccccc2C)n1. The Morgan fingerprint density at radius 3 is 1.23 bits per heavy atom. The molecule has 0 saturated heterocycles. The average molecular weight is 819 g/mol. The molecule has 3 heterocycles. The third-order valence-electron chi connectivity index (χ3n) is 12.9. The summed E-state index contributed by atoms with van der Waals surface area (Å²) >= 11 is 0. The summed E-state index contributed by atoms with van der Waals surface area (Å²) < 4.78 is 4.79. The number of fused-ring (bicyclic) bond motifs is 6. The van der Waals surface area contributed by atoms with Crippen LogP contribution in [0.15, 0.2) is 218 Å². The van der Waals surface area contributed by atoms with Crippen molar-refractivity contribution in [3.05, 3.63) is 230 Å². The summed E-state index contributed by atoms with van der Waals surface area (Å²) in [5, 5.41) is 5.01. The first-order chi connectivity index (χ1) is 31.6. The first-order valence-electron chi connectivity index (χ1n) is 21.9. The summed E-state index contributed by atoms with van der Waals surface area (Å²) in [4.78, 5) is 10.2. The molecule has 0 spiro atoms. The second-order valence-electron chi connectivity index (χ2n) is 16.7. The molecule has 3 aromatic heterocycles. The summed E-state index contributed by atoms with van der Waals surface area (Å²) in [7, 11) is 0. The quantitative estimate of drug-likeness (QED) is 0.161. The van der Waals surface area contributed by atoms with Crippen LogP contribution in [0, 0.1) is 13.8 Å². The van der Waals surface area contributed by atoms with Crippen molar-refractivity contribution in [1.82, 2.24) is 19.1 Å². The first kappa shape index (κ1) is 37.4. The Morgan fingerprint density at radius 1 is 0.297 bits per heavy atom. The number of hydrogen-bond donors (Lipinski definition) is 0. The molecule has 4 nitrogen and oxygen atoms in total. The van der Waals surface area contributed by atoms with Crippen molar-refractivity contribution in [2.45, 2.75) is 13.8 Å². The van der Waals surface area contributed by atoms with E-state index in [1.165, 1.54) is 65.9 Å². The van der Waals surface area contributed by atoms with Gasteiger partial charge in [-0.25, -0.2) is 9.97 Å². The molecule has 9 aromatic carbocycles. The summed E-state index contributed by atoms with van der Waals surface area (Å²) in [5.41, 5.74) is 19.2. The standard InChI is InChI=1S/C60H42N4/c1-39-13-3-5-15-48(39)55-38-54(61-60(62-55)49-16-6-4-14-40(49)2)45-29-27-43(28-30-45)41-23-25-42(26-24-41)44-31-33-46(34-32-44)63-58-22-12-9-19-52(58)53-37-47(35-36-59(53)63)64-56-20-10-7-17-50(56)51-18-8-11-21-57(51)64/h3-38H,1-2H3. The minimum atomic E-state index is 0.738. The number of aromatic nitrogens is 4. The number of nitrogens with zero attached hydrogens (tertiary/aromatic N) is 4. The zero-order chi connectivity index (χ0) is 42.7. The average Bonchev–Trinajstić information content (AvgIpc) is 3.87. The van der Waals surface area contributed by atoms with Crippen LogP contribution in [-0.4, -0.2) is 19.1 Å². The van der Waals surface area contributed by atoms with E-state index in [9.17, 15) is 0 Å². The van der Waals surface area contributed by atoms with E-state index >= 15 is 0 Å². The lowest BCUT2D eigenvalue weighted by molar-refractivity contribution is 1.17. The van der Waals surface area contributed by atoms with Gasteiger partial charge in [-0.3, -0.25) is 0 Å². The lowest BCUT2D eigenvalue weighted by Crippen LogP contribution is -1.98. The second kappa shape index (κ2) is 15.2. The third kappa shape index (κ3) is 6.30. The van der Waals surface area contributed by atoms with Crippen molar-refractivity contribution in [1.29, 1.82) is 0 Å². The summed E-state index contributed by atoms with van der Waals surface area (Å²) in [6.07, 6.45) is 0. The molecule has 0 bridgehead atoms. The van der Waals surface area contributed by atoms with Crippen LogP contribution < -0.4 is 0 Å². The molecule has 4 heteroatoms. The van der Waals surface area contributed by atoms with E-state index in [-0.39, 0.29) is 0 Å². The number of hydrogen-bond acceptors (Lipinski definition) is 2. The fourth-order valence-electron chi connectivity index (χ4n) is 9.61. The molecule has 0 amide bonds. The molecule has 12 aromatic rings. The van der Waals surface area contributed by atoms with Crippen LogP contribution in [0.2, 0.25) is 0 Å². The monoisotopic (exact) mass is 818 g/mol. The zero-order valence-corrected chi connectivity index (χ0v) is 35.6. The van der Waals surface area contributed by atoms with E-state index in [2.05, 4.69) is 241 Å². The fraction of sp³-hybridized carbons (Fsp3) is 0.0333. The van der Waals surface area contributed by atoms with Crippen LogP contribution in [0.5, 0.6) is 0 Å². The maximum Gasteiger partial charge on any atom is 0.160 e. The number of benzene rings is 9. The van der Waals surface area contributed by atoms with E-state index in [0.29, 0.717) is 0 Å². The van der Waals surface area contributed by atoms with Crippen molar-refractivity contribution >= 4 is 43.6 Å². The Hall–Kier alpha value is -8.34. The van der Waals surface area contributed by atoms with Gasteiger partial charge in [-0.15, -0.1) is 0 Å². The van der Waals surface area contributed by atoms with E-state index < -0.39 is 0 Å². The van der Waals surface area contributed by atoms with E-state index in [1.807, 2.05) is 0 Å². The van der Waals surface area contributed by atoms with Gasteiger partial charge in [0.05, 0.1) is 33.5 Å². The van der Waals surface area contributed by atoms with Gasteiger partial charge in [-0.1, -0.05) is 164 Å². The van der Waals surface area contributed by atoms with Crippen LogP contribution in [0.1, 0.15) is 11.1 Å². The molecule has 64 heavy (non-hydrogen) atoms. The third-order valence-corrected chi connectivity index (χ3v) is 12.9. The first-order valence-corrected chi connectivity index (χ1v) is 21.9. The molecule has 0 atom stereocenters. The van der Waals surface area contributed by atoms with Gasteiger partial charge in [0.2, 0.25) is 0 Å². The Kier molecular flexibility index (Phi) is 8.91. The van der Waals surface area contributed by atoms with Gasteiger partial charge in [-0.2, -0.15) is 0 Å². The van der Waals surface area contributed by atoms with E-state index in [1.54, 1.807) is 0 Å². The predicted octanol–water partition coefficient (Wildman–Crippen LogP) is 15.6. The molecular formula is C60H42N4. The highest BCUT2D eigenvalue weighted by molar-refractivity contribution is 6.12. The van der Waals surface area contributed by atoms with Crippen LogP contribution >= 0.6 is 0 Å². The molecule has 0 N–H and O–H groups in total. The number of para-hydroxylation sites is 3. The predicted molar refractivity (Wildman–Crippen MR) is 267 cm³/mol. The van der Waals surface area contributed by atoms with Gasteiger partial charge in [-0.05, 0) is 102 Å². The molecule has 0 unspecified atom stereocenters. The fourth-order valence-corrected chi connectivity index (χ4v) is 9.61. The minimum absolute atomic E-state index is 0.738. The van der Waals surface area contributed by atoms with Gasteiger partial charge in [0, 0.05) is 49.6 Å². The van der Waals surface area contributed by atoms with Crippen LogP contribution in [0.3, 0.4) is 0 Å². The number of aryl methyl sites for hydroxylation is 2. The van der Waals surface area contributed by atoms with Gasteiger partial charge < -0.3 is 9.13 Å². The molecule has 0 saturated carbocycles. The molecule has 0 aliphatic carbocycles. The van der Waals surface area contributed by atoms with Crippen molar-refractivity contribution in [2.75, 3.05) is 0 Å². The van der Waals surface area contributed by atoms with Crippen molar-refractivity contribution < 1.29 is 0 Å². The van der Waals surface area contributed by atoms with Crippen molar-refractivity contribution in [2.24, 2.45) is 0 Å². The minimum Gasteiger partial charge on any atom is -0.309 e. The van der Waals surface area contributed by atoms with Crippen molar-refractivity contribution in [3.8, 4) is 67.5 Å². The van der Waals surface area contributed by atoms with Gasteiger partial charge in [0.25, 0.3) is 0 Å². The smallest absolute Gasteiger partial charge is 0.160 e. The Bertz CT molecular complexity index is 3600. The summed E-state index contributed by atoms with van der Waals surface area (Å²) in [5.74, 6) is 0.738. The van der Waals surface area contributed by atoms with Crippen LogP contribution in [-0.2, 0) is 0 Å². The Balaban J connectivity index is 0.840. The normalized spacial score (nSPS) is 11.6. The van der Waals surface area contributed by atoms with Gasteiger partial charge in [0.15, 0.2) is 5.82 Å². The van der Waals surface area contributed by atoms with Crippen molar-refractivity contribution in [3.63, 3.8) is 0 Å². The molecule has 0 aliphatic heterocycles. The molecule has 12 rings (SSSR count). The number of rotatable bonds is 7. The van der Waals surface area contributed by atoms with Crippen LogP contribution in [0.4, 0.5) is 0 Å². The topological polar surface area (TPSA) is 35.6 Å². The molecule has 0 radical (unpaired) electrons.